The van der Waals surface area contributed by atoms with Gasteiger partial charge in [-0.25, -0.2) is 0 Å². The zero-order valence-electron chi connectivity index (χ0n) is 11.2. The Balaban J connectivity index is 1.99. The lowest BCUT2D eigenvalue weighted by Crippen LogP contribution is -2.45. The number of piperidine rings is 1. The number of carbonyl (C=O) groups is 1. The highest BCUT2D eigenvalue weighted by molar-refractivity contribution is 5.80. The van der Waals surface area contributed by atoms with E-state index in [1.54, 1.807) is 0 Å². The molecule has 2 fully saturated rings. The Bertz CT molecular complexity index is 295. The van der Waals surface area contributed by atoms with Gasteiger partial charge in [-0.15, -0.1) is 0 Å². The second kappa shape index (κ2) is 4.94. The fraction of sp³-hybridized carbons (Fsp3) is 0.923. The second-order valence-electron chi connectivity index (χ2n) is 5.71. The molecular formula is C13H24N2O2. The molecule has 0 aliphatic carbocycles. The number of esters is 1. The number of carbonyl (C=O) groups excluding carboxylic acids is 1. The molecule has 2 saturated heterocycles. The number of ether oxygens (including phenoxy) is 1. The van der Waals surface area contributed by atoms with E-state index >= 15 is 0 Å². The van der Waals surface area contributed by atoms with Crippen LogP contribution in [-0.2, 0) is 9.53 Å². The van der Waals surface area contributed by atoms with Gasteiger partial charge < -0.3 is 15.0 Å². The first-order valence-corrected chi connectivity index (χ1v) is 6.60. The van der Waals surface area contributed by atoms with Gasteiger partial charge in [0.25, 0.3) is 0 Å². The van der Waals surface area contributed by atoms with Gasteiger partial charge in [-0.2, -0.15) is 0 Å². The number of rotatable bonds is 2. The van der Waals surface area contributed by atoms with Crippen molar-refractivity contribution in [2.45, 2.75) is 44.2 Å². The summed E-state index contributed by atoms with van der Waals surface area (Å²) in [6, 6.07) is 0.628. The van der Waals surface area contributed by atoms with Crippen molar-refractivity contribution in [2.75, 3.05) is 27.2 Å². The molecule has 2 rings (SSSR count). The minimum absolute atomic E-state index is 0.126. The zero-order chi connectivity index (χ0) is 12.5. The Morgan fingerprint density at radius 3 is 2.88 bits per heavy atom. The normalized spacial score (nSPS) is 39.2. The van der Waals surface area contributed by atoms with Crippen LogP contribution in [0.25, 0.3) is 0 Å². The minimum atomic E-state index is -0.475. The summed E-state index contributed by atoms with van der Waals surface area (Å²) in [7, 11) is 3.67. The molecule has 2 heterocycles. The molecule has 3 atom stereocenters. The summed E-state index contributed by atoms with van der Waals surface area (Å²) < 4.78 is 4.88. The summed E-state index contributed by atoms with van der Waals surface area (Å²) in [4.78, 5) is 14.2. The van der Waals surface area contributed by atoms with Crippen molar-refractivity contribution < 1.29 is 9.53 Å². The highest BCUT2D eigenvalue weighted by Crippen LogP contribution is 2.32. The topological polar surface area (TPSA) is 41.6 Å². The van der Waals surface area contributed by atoms with Gasteiger partial charge in [0.15, 0.2) is 0 Å². The van der Waals surface area contributed by atoms with Crippen molar-refractivity contribution in [3.63, 3.8) is 0 Å². The molecule has 17 heavy (non-hydrogen) atoms. The van der Waals surface area contributed by atoms with Gasteiger partial charge >= 0.3 is 5.97 Å². The quantitative estimate of drug-likeness (QED) is 0.732. The van der Waals surface area contributed by atoms with Crippen molar-refractivity contribution in [3.05, 3.63) is 0 Å². The van der Waals surface area contributed by atoms with E-state index in [-0.39, 0.29) is 5.97 Å². The molecule has 1 N–H and O–H groups in total. The Morgan fingerprint density at radius 1 is 1.47 bits per heavy atom. The van der Waals surface area contributed by atoms with Crippen LogP contribution in [0, 0.1) is 5.92 Å². The lowest BCUT2D eigenvalue weighted by molar-refractivity contribution is -0.147. The van der Waals surface area contributed by atoms with E-state index in [0.717, 1.165) is 13.0 Å². The van der Waals surface area contributed by atoms with Gasteiger partial charge in [0.2, 0.25) is 0 Å². The number of hydrogen-bond acceptors (Lipinski definition) is 4. The second-order valence-corrected chi connectivity index (χ2v) is 5.71. The molecule has 98 valence electrons. The molecule has 0 bridgehead atoms. The zero-order valence-corrected chi connectivity index (χ0v) is 11.2. The summed E-state index contributed by atoms with van der Waals surface area (Å²) >= 11 is 0. The number of nitrogens with zero attached hydrogens (tertiary/aromatic N) is 1. The molecule has 4 heteroatoms. The summed E-state index contributed by atoms with van der Waals surface area (Å²) in [5.41, 5.74) is -0.475. The number of nitrogens with one attached hydrogen (secondary N) is 1. The van der Waals surface area contributed by atoms with E-state index in [1.807, 2.05) is 6.92 Å². The van der Waals surface area contributed by atoms with Crippen LogP contribution in [-0.4, -0.2) is 49.7 Å². The fourth-order valence-corrected chi connectivity index (χ4v) is 3.37. The molecule has 0 aromatic rings. The largest absolute Gasteiger partial charge is 0.468 e. The maximum Gasteiger partial charge on any atom is 0.325 e. The first-order chi connectivity index (χ1) is 8.07. The van der Waals surface area contributed by atoms with E-state index in [0.29, 0.717) is 12.0 Å². The van der Waals surface area contributed by atoms with E-state index in [9.17, 15) is 4.79 Å². The van der Waals surface area contributed by atoms with Crippen LogP contribution in [0.15, 0.2) is 0 Å². The van der Waals surface area contributed by atoms with Gasteiger partial charge in [-0.1, -0.05) is 6.42 Å². The molecule has 0 aromatic heterocycles. The van der Waals surface area contributed by atoms with E-state index in [4.69, 9.17) is 4.74 Å². The van der Waals surface area contributed by atoms with Crippen molar-refractivity contribution >= 4 is 5.97 Å². The van der Waals surface area contributed by atoms with Crippen molar-refractivity contribution in [1.29, 1.82) is 0 Å². The predicted molar refractivity (Wildman–Crippen MR) is 66.8 cm³/mol. The third-order valence-electron chi connectivity index (χ3n) is 4.43. The summed E-state index contributed by atoms with van der Waals surface area (Å²) in [6.45, 7) is 4.08. The molecule has 0 spiro atoms. The maximum atomic E-state index is 11.7. The first kappa shape index (κ1) is 12.8. The molecule has 0 aromatic carbocycles. The van der Waals surface area contributed by atoms with Gasteiger partial charge in [-0.05, 0) is 45.7 Å². The third kappa shape index (κ3) is 2.47. The van der Waals surface area contributed by atoms with Gasteiger partial charge in [0.05, 0.1) is 7.11 Å². The summed E-state index contributed by atoms with van der Waals surface area (Å²) in [5, 5.41) is 3.35. The first-order valence-electron chi connectivity index (χ1n) is 6.60. The molecule has 0 amide bonds. The Morgan fingerprint density at radius 2 is 2.24 bits per heavy atom. The fourth-order valence-electron chi connectivity index (χ4n) is 3.37. The Labute approximate surface area is 104 Å². The average molecular weight is 240 g/mol. The van der Waals surface area contributed by atoms with Crippen LogP contribution in [0.5, 0.6) is 0 Å². The van der Waals surface area contributed by atoms with Crippen molar-refractivity contribution in [1.82, 2.24) is 10.2 Å². The van der Waals surface area contributed by atoms with E-state index in [2.05, 4.69) is 17.3 Å². The van der Waals surface area contributed by atoms with Crippen LogP contribution in [0.4, 0.5) is 0 Å². The highest BCUT2D eigenvalue weighted by atomic mass is 16.5. The van der Waals surface area contributed by atoms with Gasteiger partial charge in [-0.3, -0.25) is 4.79 Å². The summed E-state index contributed by atoms with van der Waals surface area (Å²) in [6.07, 6.45) is 4.79. The predicted octanol–water partition coefficient (Wildman–Crippen LogP) is 1.01. The van der Waals surface area contributed by atoms with Gasteiger partial charge in [0, 0.05) is 12.6 Å². The van der Waals surface area contributed by atoms with Crippen LogP contribution < -0.4 is 5.32 Å². The lowest BCUT2D eigenvalue weighted by atomic mass is 9.85. The van der Waals surface area contributed by atoms with E-state index in [1.165, 1.54) is 32.9 Å². The lowest BCUT2D eigenvalue weighted by Gasteiger charge is -2.36. The van der Waals surface area contributed by atoms with Crippen LogP contribution in [0.1, 0.15) is 32.6 Å². The highest BCUT2D eigenvalue weighted by Gasteiger charge is 2.45. The molecule has 2 aliphatic heterocycles. The standard InChI is InChI=1S/C13H24N2O2/c1-13(12(16)17-3)8-10(9-14-13)11-6-4-5-7-15(11)2/h10-11,14H,4-9H2,1-3H3. The molecule has 4 nitrogen and oxygen atoms in total. The van der Waals surface area contributed by atoms with E-state index < -0.39 is 5.54 Å². The molecule has 0 radical (unpaired) electrons. The molecule has 3 unspecified atom stereocenters. The summed E-state index contributed by atoms with van der Waals surface area (Å²) in [5.74, 6) is 0.447. The SMILES string of the molecule is COC(=O)C1(C)CC(C2CCCCN2C)CN1. The minimum Gasteiger partial charge on any atom is -0.468 e. The van der Waals surface area contributed by atoms with Crippen molar-refractivity contribution in [2.24, 2.45) is 5.92 Å². The third-order valence-corrected chi connectivity index (χ3v) is 4.43. The Kier molecular flexibility index (Phi) is 3.73. The smallest absolute Gasteiger partial charge is 0.325 e. The average Bonchev–Trinajstić information content (AvgIpc) is 2.72. The van der Waals surface area contributed by atoms with Gasteiger partial charge in [0.1, 0.15) is 5.54 Å². The maximum absolute atomic E-state index is 11.7. The Hall–Kier alpha value is -0.610. The van der Waals surface area contributed by atoms with Crippen LogP contribution in [0.2, 0.25) is 0 Å². The molecule has 0 saturated carbocycles. The molecule has 2 aliphatic rings. The van der Waals surface area contributed by atoms with Crippen molar-refractivity contribution in [3.8, 4) is 0 Å². The van der Waals surface area contributed by atoms with Crippen LogP contribution >= 0.6 is 0 Å². The number of likely N-dealkylation sites (tertiary alicyclic amines) is 1. The number of methoxy groups -OCH3 is 1. The monoisotopic (exact) mass is 240 g/mol. The molecular weight excluding hydrogens is 216 g/mol. The van der Waals surface area contributed by atoms with Crippen LogP contribution in [0.3, 0.4) is 0 Å². The number of hydrogen-bond donors (Lipinski definition) is 1.